The number of carbonyl (C=O) groups excluding carboxylic acids is 1. The lowest BCUT2D eigenvalue weighted by atomic mass is 10.0. The summed E-state index contributed by atoms with van der Waals surface area (Å²) in [6.45, 7) is 0. The van der Waals surface area contributed by atoms with Gasteiger partial charge in [0.1, 0.15) is 12.2 Å². The molecule has 2 aromatic carbocycles. The second kappa shape index (κ2) is 9.76. The molecular formula is C27H22ClN7O4. The molecule has 12 heteroatoms. The average molecular weight is 544 g/mol. The minimum absolute atomic E-state index is 0.161. The predicted molar refractivity (Wildman–Crippen MR) is 145 cm³/mol. The van der Waals surface area contributed by atoms with Gasteiger partial charge in [-0.15, -0.1) is 0 Å². The number of aryl methyl sites for hydroxylation is 1. The summed E-state index contributed by atoms with van der Waals surface area (Å²) in [5.41, 5.74) is 4.58. The number of nitrogens with zero attached hydrogens (tertiary/aromatic N) is 4. The third-order valence-corrected chi connectivity index (χ3v) is 6.94. The van der Waals surface area contributed by atoms with Crippen LogP contribution in [0.4, 0.5) is 10.5 Å². The summed E-state index contributed by atoms with van der Waals surface area (Å²) in [6.07, 6.45) is 3.99. The van der Waals surface area contributed by atoms with Crippen molar-refractivity contribution in [3.8, 4) is 28.1 Å². The molecule has 4 heterocycles. The number of ether oxygens (including phenoxy) is 1. The van der Waals surface area contributed by atoms with Crippen LogP contribution in [-0.2, 0) is 11.2 Å². The zero-order chi connectivity index (χ0) is 27.1. The van der Waals surface area contributed by atoms with Crippen LogP contribution in [0, 0.1) is 0 Å². The van der Waals surface area contributed by atoms with Gasteiger partial charge in [-0.1, -0.05) is 23.7 Å². The van der Waals surface area contributed by atoms with Gasteiger partial charge < -0.3 is 14.3 Å². The van der Waals surface area contributed by atoms with E-state index in [0.717, 1.165) is 17.0 Å². The average Bonchev–Trinajstić information content (AvgIpc) is 3.69. The first kappa shape index (κ1) is 24.4. The van der Waals surface area contributed by atoms with E-state index in [2.05, 4.69) is 30.1 Å². The van der Waals surface area contributed by atoms with Crippen LogP contribution in [0.1, 0.15) is 24.0 Å². The molecule has 0 aliphatic carbocycles. The molecule has 0 bridgehead atoms. The lowest BCUT2D eigenvalue weighted by molar-refractivity contribution is 0.187. The SMILES string of the molecule is COC(=O)Nc1ccc(-c2cnc([C@@H]3CCc4cc(-c5cc(Cl)ccc5-n5cnc(=O)[nH]5)cc(=O)n43)[nH]2)cc1. The number of aromatic amines is 2. The normalized spacial score (nSPS) is 14.3. The second-order valence-corrected chi connectivity index (χ2v) is 9.50. The number of H-pyrrole nitrogens is 2. The molecule has 0 fully saturated rings. The number of imidazole rings is 1. The number of rotatable bonds is 5. The lowest BCUT2D eigenvalue weighted by Gasteiger charge is -2.15. The molecule has 1 aliphatic heterocycles. The van der Waals surface area contributed by atoms with Gasteiger partial charge in [0.15, 0.2) is 0 Å². The Morgan fingerprint density at radius 3 is 2.64 bits per heavy atom. The molecule has 0 unspecified atom stereocenters. The first-order chi connectivity index (χ1) is 18.9. The van der Waals surface area contributed by atoms with E-state index in [-0.39, 0.29) is 11.6 Å². The first-order valence-electron chi connectivity index (χ1n) is 12.1. The molecule has 0 spiro atoms. The molecule has 39 heavy (non-hydrogen) atoms. The number of pyridine rings is 1. The molecule has 3 aromatic heterocycles. The largest absolute Gasteiger partial charge is 0.453 e. The number of benzene rings is 2. The maximum Gasteiger partial charge on any atom is 0.411 e. The van der Waals surface area contributed by atoms with Gasteiger partial charge in [0.25, 0.3) is 5.56 Å². The molecule has 1 atom stereocenters. The van der Waals surface area contributed by atoms with Crippen molar-refractivity contribution in [3.63, 3.8) is 0 Å². The zero-order valence-electron chi connectivity index (χ0n) is 20.6. The summed E-state index contributed by atoms with van der Waals surface area (Å²) in [7, 11) is 1.31. The standard InChI is InChI=1S/C27H22ClN7O4/c1-39-27(38)31-18-5-2-15(3-6-18)21-13-29-25(32-21)23-9-7-19-10-16(11-24(36)35(19)23)20-12-17(28)4-8-22(20)34-14-30-26(37)33-34/h2-6,8,10-14,23H,7,9H2,1H3,(H,29,32)(H,31,38)(H,33,37)/t23-/m0/s1. The van der Waals surface area contributed by atoms with Crippen molar-refractivity contribution in [1.29, 1.82) is 0 Å². The predicted octanol–water partition coefficient (Wildman–Crippen LogP) is 4.15. The second-order valence-electron chi connectivity index (χ2n) is 9.07. The number of carbonyl (C=O) groups is 1. The van der Waals surface area contributed by atoms with Crippen LogP contribution in [0.15, 0.2) is 76.7 Å². The molecule has 11 nitrogen and oxygen atoms in total. The molecule has 0 radical (unpaired) electrons. The van der Waals surface area contributed by atoms with E-state index in [1.54, 1.807) is 47.2 Å². The minimum Gasteiger partial charge on any atom is -0.453 e. The minimum atomic E-state index is -0.539. The Bertz CT molecular complexity index is 1820. The van der Waals surface area contributed by atoms with Crippen LogP contribution in [0.25, 0.3) is 28.1 Å². The Hall–Kier alpha value is -4.90. The van der Waals surface area contributed by atoms with Crippen LogP contribution >= 0.6 is 11.6 Å². The van der Waals surface area contributed by atoms with E-state index in [0.29, 0.717) is 46.2 Å². The van der Waals surface area contributed by atoms with Gasteiger partial charge in [0.2, 0.25) is 0 Å². The van der Waals surface area contributed by atoms with Crippen LogP contribution < -0.4 is 16.6 Å². The lowest BCUT2D eigenvalue weighted by Crippen LogP contribution is -2.23. The Morgan fingerprint density at radius 1 is 1.08 bits per heavy atom. The molecule has 5 aromatic rings. The van der Waals surface area contributed by atoms with E-state index < -0.39 is 11.8 Å². The quantitative estimate of drug-likeness (QED) is 0.304. The Morgan fingerprint density at radius 2 is 1.90 bits per heavy atom. The third kappa shape index (κ3) is 4.64. The van der Waals surface area contributed by atoms with E-state index in [4.69, 9.17) is 11.6 Å². The summed E-state index contributed by atoms with van der Waals surface area (Å²) in [5.74, 6) is 0.690. The number of anilines is 1. The van der Waals surface area contributed by atoms with E-state index in [1.807, 2.05) is 18.2 Å². The molecule has 1 aliphatic rings. The Balaban J connectivity index is 1.31. The Labute approximate surface area is 226 Å². The number of amides is 1. The maximum absolute atomic E-state index is 13.4. The van der Waals surface area contributed by atoms with Crippen LogP contribution in [0.5, 0.6) is 0 Å². The highest BCUT2D eigenvalue weighted by molar-refractivity contribution is 6.31. The number of hydrogen-bond acceptors (Lipinski definition) is 6. The molecule has 1 amide bonds. The van der Waals surface area contributed by atoms with Crippen molar-refractivity contribution in [2.45, 2.75) is 18.9 Å². The van der Waals surface area contributed by atoms with Crippen molar-refractivity contribution >= 4 is 23.4 Å². The molecule has 6 rings (SSSR count). The zero-order valence-corrected chi connectivity index (χ0v) is 21.4. The van der Waals surface area contributed by atoms with E-state index in [9.17, 15) is 14.4 Å². The smallest absolute Gasteiger partial charge is 0.411 e. The topological polar surface area (TPSA) is 140 Å². The van der Waals surface area contributed by atoms with Crippen molar-refractivity contribution in [3.05, 3.63) is 105 Å². The molecule has 196 valence electrons. The van der Waals surface area contributed by atoms with Crippen molar-refractivity contribution in [2.24, 2.45) is 0 Å². The number of nitrogens with one attached hydrogen (secondary N) is 3. The summed E-state index contributed by atoms with van der Waals surface area (Å²) in [5, 5.41) is 5.76. The van der Waals surface area contributed by atoms with Crippen molar-refractivity contribution < 1.29 is 9.53 Å². The van der Waals surface area contributed by atoms with Crippen molar-refractivity contribution in [2.75, 3.05) is 12.4 Å². The summed E-state index contributed by atoms with van der Waals surface area (Å²) < 4.78 is 7.88. The highest BCUT2D eigenvalue weighted by atomic mass is 35.5. The van der Waals surface area contributed by atoms with Crippen molar-refractivity contribution in [1.82, 2.24) is 29.3 Å². The fourth-order valence-electron chi connectivity index (χ4n) is 4.91. The molecule has 0 saturated carbocycles. The number of halogens is 1. The van der Waals surface area contributed by atoms with Gasteiger partial charge >= 0.3 is 11.8 Å². The molecule has 0 saturated heterocycles. The van der Waals surface area contributed by atoms with Gasteiger partial charge in [-0.2, -0.15) is 4.98 Å². The van der Waals surface area contributed by atoms with Crippen LogP contribution in [0.2, 0.25) is 5.02 Å². The fourth-order valence-corrected chi connectivity index (χ4v) is 5.08. The fraction of sp³-hybridized carbons (Fsp3) is 0.148. The van der Waals surface area contributed by atoms with Gasteiger partial charge in [-0.3, -0.25) is 10.1 Å². The summed E-state index contributed by atoms with van der Waals surface area (Å²) in [6, 6.07) is 15.8. The van der Waals surface area contributed by atoms with Crippen LogP contribution in [0.3, 0.4) is 0 Å². The maximum atomic E-state index is 13.4. The van der Waals surface area contributed by atoms with Gasteiger partial charge in [0.05, 0.1) is 30.7 Å². The van der Waals surface area contributed by atoms with E-state index in [1.165, 1.54) is 18.1 Å². The Kier molecular flexibility index (Phi) is 6.12. The third-order valence-electron chi connectivity index (χ3n) is 6.71. The highest BCUT2D eigenvalue weighted by Gasteiger charge is 2.28. The summed E-state index contributed by atoms with van der Waals surface area (Å²) in [4.78, 5) is 48.1. The van der Waals surface area contributed by atoms with E-state index >= 15 is 0 Å². The monoisotopic (exact) mass is 543 g/mol. The number of aromatic nitrogens is 6. The molecule has 3 N–H and O–H groups in total. The highest BCUT2D eigenvalue weighted by Crippen LogP contribution is 2.34. The van der Waals surface area contributed by atoms with Gasteiger partial charge in [-0.25, -0.2) is 24.4 Å². The number of methoxy groups -OCH3 is 1. The van der Waals surface area contributed by atoms with Gasteiger partial charge in [-0.05, 0) is 60.4 Å². The number of hydrogen-bond donors (Lipinski definition) is 3. The summed E-state index contributed by atoms with van der Waals surface area (Å²) >= 11 is 6.29. The first-order valence-corrected chi connectivity index (χ1v) is 12.5. The number of fused-ring (bicyclic) bond motifs is 1. The van der Waals surface area contributed by atoms with Crippen LogP contribution in [-0.4, -0.2) is 42.5 Å². The molecular weight excluding hydrogens is 522 g/mol. The van der Waals surface area contributed by atoms with Gasteiger partial charge in [0, 0.05) is 28.0 Å².